The summed E-state index contributed by atoms with van der Waals surface area (Å²) >= 11 is 1.45. The number of nitrogen functional groups attached to an aromatic ring is 1. The second kappa shape index (κ2) is 5.48. The van der Waals surface area contributed by atoms with Crippen molar-refractivity contribution in [2.24, 2.45) is 5.92 Å². The Morgan fingerprint density at radius 3 is 3.00 bits per heavy atom. The Morgan fingerprint density at radius 1 is 1.52 bits per heavy atom. The van der Waals surface area contributed by atoms with Crippen LogP contribution in [0.2, 0.25) is 0 Å². The van der Waals surface area contributed by atoms with E-state index < -0.39 is 0 Å². The molecule has 0 bridgehead atoms. The number of fused-ring (bicyclic) bond motifs is 1. The monoisotopic (exact) mass is 301 g/mol. The summed E-state index contributed by atoms with van der Waals surface area (Å²) in [5, 5.41) is 2.55. The standard InChI is InChI=1S/C16H19N3OS/c1-3-10(2)15(20)19-7-6-12-8-11(4-5-14(12)19)13-9-21-16(17)18-13/h4-5,8-10H,3,6-7H2,1-2H3,(H2,17,18)/t10-/m0/s1. The van der Waals surface area contributed by atoms with Gasteiger partial charge in [0.2, 0.25) is 5.91 Å². The fourth-order valence-electron chi connectivity index (χ4n) is 2.65. The average Bonchev–Trinajstić information content (AvgIpc) is 3.11. The molecule has 1 aromatic heterocycles. The largest absolute Gasteiger partial charge is 0.375 e. The summed E-state index contributed by atoms with van der Waals surface area (Å²) in [7, 11) is 0. The molecule has 1 amide bonds. The quantitative estimate of drug-likeness (QED) is 0.946. The summed E-state index contributed by atoms with van der Waals surface area (Å²) in [4.78, 5) is 18.6. The number of benzene rings is 1. The van der Waals surface area contributed by atoms with E-state index in [-0.39, 0.29) is 11.8 Å². The van der Waals surface area contributed by atoms with Crippen LogP contribution in [0.5, 0.6) is 0 Å². The van der Waals surface area contributed by atoms with Crippen molar-refractivity contribution in [1.29, 1.82) is 0 Å². The summed E-state index contributed by atoms with van der Waals surface area (Å²) in [6.45, 7) is 4.82. The third-order valence-electron chi connectivity index (χ3n) is 4.09. The third kappa shape index (κ3) is 2.53. The first-order valence-electron chi connectivity index (χ1n) is 7.25. The molecular formula is C16H19N3OS. The predicted octanol–water partition coefficient (Wildman–Crippen LogP) is 3.33. The van der Waals surface area contributed by atoms with Crippen molar-refractivity contribution < 1.29 is 4.79 Å². The van der Waals surface area contributed by atoms with Crippen molar-refractivity contribution in [2.45, 2.75) is 26.7 Å². The Labute approximate surface area is 128 Å². The van der Waals surface area contributed by atoms with E-state index >= 15 is 0 Å². The molecule has 5 heteroatoms. The van der Waals surface area contributed by atoms with Crippen molar-refractivity contribution in [3.8, 4) is 11.3 Å². The van der Waals surface area contributed by atoms with Crippen molar-refractivity contribution in [3.05, 3.63) is 29.1 Å². The molecule has 110 valence electrons. The number of rotatable bonds is 3. The minimum Gasteiger partial charge on any atom is -0.375 e. The van der Waals surface area contributed by atoms with Crippen LogP contribution in [0.25, 0.3) is 11.3 Å². The van der Waals surface area contributed by atoms with Crippen molar-refractivity contribution in [1.82, 2.24) is 4.98 Å². The molecule has 4 nitrogen and oxygen atoms in total. The first kappa shape index (κ1) is 14.1. The van der Waals surface area contributed by atoms with E-state index in [1.54, 1.807) is 0 Å². The lowest BCUT2D eigenvalue weighted by molar-refractivity contribution is -0.121. The number of hydrogen-bond donors (Lipinski definition) is 1. The average molecular weight is 301 g/mol. The zero-order valence-electron chi connectivity index (χ0n) is 12.3. The highest BCUT2D eigenvalue weighted by molar-refractivity contribution is 7.13. The minimum absolute atomic E-state index is 0.0777. The molecule has 1 aliphatic rings. The number of nitrogens with zero attached hydrogens (tertiary/aromatic N) is 2. The van der Waals surface area contributed by atoms with Gasteiger partial charge in [-0.1, -0.05) is 19.9 Å². The first-order chi connectivity index (χ1) is 10.1. The SMILES string of the molecule is CC[C@H](C)C(=O)N1CCc2cc(-c3csc(N)n3)ccc21. The van der Waals surface area contributed by atoms with Crippen molar-refractivity contribution in [3.63, 3.8) is 0 Å². The van der Waals surface area contributed by atoms with Gasteiger partial charge in [0.1, 0.15) is 0 Å². The molecule has 1 aromatic carbocycles. The normalized spacial score (nSPS) is 15.0. The van der Waals surface area contributed by atoms with E-state index in [0.29, 0.717) is 5.13 Å². The number of nitrogens with two attached hydrogens (primary N) is 1. The van der Waals surface area contributed by atoms with Crippen LogP contribution >= 0.6 is 11.3 Å². The van der Waals surface area contributed by atoms with E-state index in [1.807, 2.05) is 29.3 Å². The molecule has 2 aromatic rings. The number of carbonyl (C=O) groups excluding carboxylic acids is 1. The summed E-state index contributed by atoms with van der Waals surface area (Å²) < 4.78 is 0. The Hall–Kier alpha value is -1.88. The fraction of sp³-hybridized carbons (Fsp3) is 0.375. The molecule has 0 radical (unpaired) electrons. The summed E-state index contributed by atoms with van der Waals surface area (Å²) in [5.41, 5.74) is 9.94. The van der Waals surface area contributed by atoms with Crippen LogP contribution in [0.4, 0.5) is 10.8 Å². The van der Waals surface area contributed by atoms with Crippen LogP contribution in [0.15, 0.2) is 23.6 Å². The molecule has 1 aliphatic heterocycles. The van der Waals surface area contributed by atoms with E-state index in [1.165, 1.54) is 16.9 Å². The first-order valence-corrected chi connectivity index (χ1v) is 8.13. The Balaban J connectivity index is 1.90. The Kier molecular flexibility index (Phi) is 3.68. The van der Waals surface area contributed by atoms with Gasteiger partial charge in [-0.05, 0) is 30.5 Å². The minimum atomic E-state index is 0.0777. The van der Waals surface area contributed by atoms with Gasteiger partial charge < -0.3 is 10.6 Å². The lowest BCUT2D eigenvalue weighted by atomic mass is 10.1. The molecule has 1 atom stereocenters. The highest BCUT2D eigenvalue weighted by atomic mass is 32.1. The van der Waals surface area contributed by atoms with Crippen LogP contribution in [0.3, 0.4) is 0 Å². The smallest absolute Gasteiger partial charge is 0.229 e. The summed E-state index contributed by atoms with van der Waals surface area (Å²) in [6, 6.07) is 6.19. The maximum atomic E-state index is 12.4. The predicted molar refractivity (Wildman–Crippen MR) is 87.5 cm³/mol. The zero-order chi connectivity index (χ0) is 15.0. The molecule has 0 saturated heterocycles. The van der Waals surface area contributed by atoms with Gasteiger partial charge in [-0.25, -0.2) is 4.98 Å². The topological polar surface area (TPSA) is 59.2 Å². The van der Waals surface area contributed by atoms with Crippen LogP contribution < -0.4 is 10.6 Å². The summed E-state index contributed by atoms with van der Waals surface area (Å²) in [5.74, 6) is 0.302. The Bertz CT molecular complexity index is 680. The third-order valence-corrected chi connectivity index (χ3v) is 4.77. The molecule has 0 saturated carbocycles. The maximum Gasteiger partial charge on any atom is 0.229 e. The maximum absolute atomic E-state index is 12.4. The van der Waals surface area contributed by atoms with Gasteiger partial charge in [-0.3, -0.25) is 4.79 Å². The number of hydrogen-bond acceptors (Lipinski definition) is 4. The molecule has 21 heavy (non-hydrogen) atoms. The highest BCUT2D eigenvalue weighted by Crippen LogP contribution is 2.34. The molecule has 3 rings (SSSR count). The molecule has 0 spiro atoms. The van der Waals surface area contributed by atoms with E-state index in [0.717, 1.165) is 36.3 Å². The number of carbonyl (C=O) groups is 1. The lowest BCUT2D eigenvalue weighted by Gasteiger charge is -2.21. The molecule has 2 N–H and O–H groups in total. The molecular weight excluding hydrogens is 282 g/mol. The van der Waals surface area contributed by atoms with E-state index in [9.17, 15) is 4.79 Å². The van der Waals surface area contributed by atoms with Crippen LogP contribution in [0.1, 0.15) is 25.8 Å². The van der Waals surface area contributed by atoms with Crippen LogP contribution in [-0.2, 0) is 11.2 Å². The Morgan fingerprint density at radius 2 is 2.33 bits per heavy atom. The second-order valence-electron chi connectivity index (χ2n) is 5.46. The summed E-state index contributed by atoms with van der Waals surface area (Å²) in [6.07, 6.45) is 1.78. The second-order valence-corrected chi connectivity index (χ2v) is 6.35. The zero-order valence-corrected chi connectivity index (χ0v) is 13.1. The van der Waals surface area contributed by atoms with E-state index in [2.05, 4.69) is 18.0 Å². The van der Waals surface area contributed by atoms with Gasteiger partial charge in [0, 0.05) is 29.1 Å². The molecule has 0 fully saturated rings. The number of anilines is 2. The van der Waals surface area contributed by atoms with Gasteiger partial charge in [0.15, 0.2) is 5.13 Å². The van der Waals surface area contributed by atoms with Crippen molar-refractivity contribution in [2.75, 3.05) is 17.2 Å². The number of amides is 1. The number of thiazole rings is 1. The number of aromatic nitrogens is 1. The van der Waals surface area contributed by atoms with Gasteiger partial charge in [0.05, 0.1) is 5.69 Å². The van der Waals surface area contributed by atoms with Crippen LogP contribution in [0, 0.1) is 5.92 Å². The highest BCUT2D eigenvalue weighted by Gasteiger charge is 2.27. The molecule has 2 heterocycles. The van der Waals surface area contributed by atoms with Crippen LogP contribution in [-0.4, -0.2) is 17.4 Å². The van der Waals surface area contributed by atoms with E-state index in [4.69, 9.17) is 5.73 Å². The fourth-order valence-corrected chi connectivity index (χ4v) is 3.22. The lowest BCUT2D eigenvalue weighted by Crippen LogP contribution is -2.33. The molecule has 0 unspecified atom stereocenters. The van der Waals surface area contributed by atoms with Gasteiger partial charge in [-0.2, -0.15) is 0 Å². The van der Waals surface area contributed by atoms with Gasteiger partial charge in [0.25, 0.3) is 0 Å². The van der Waals surface area contributed by atoms with Gasteiger partial charge >= 0.3 is 0 Å². The molecule has 0 aliphatic carbocycles. The van der Waals surface area contributed by atoms with Gasteiger partial charge in [-0.15, -0.1) is 11.3 Å². The van der Waals surface area contributed by atoms with Crippen molar-refractivity contribution >= 4 is 28.1 Å².